The zero-order chi connectivity index (χ0) is 17.0. The zero-order valence-corrected chi connectivity index (χ0v) is 14.9. The molecule has 2 saturated heterocycles. The van der Waals surface area contributed by atoms with Crippen LogP contribution < -0.4 is 0 Å². The summed E-state index contributed by atoms with van der Waals surface area (Å²) in [6.45, 7) is 0.235. The second-order valence-corrected chi connectivity index (χ2v) is 7.49. The highest BCUT2D eigenvalue weighted by molar-refractivity contribution is 7.47. The van der Waals surface area contributed by atoms with Gasteiger partial charge in [-0.25, -0.2) is 4.57 Å². The Bertz CT molecular complexity index is 428. The van der Waals surface area contributed by atoms with Gasteiger partial charge in [0.25, 0.3) is 0 Å². The number of hydrogen-bond acceptors (Lipinski definition) is 7. The Morgan fingerprint density at radius 1 is 1.09 bits per heavy atom. The molecule has 0 spiro atoms. The Morgan fingerprint density at radius 3 is 2.22 bits per heavy atom. The summed E-state index contributed by atoms with van der Waals surface area (Å²) in [7, 11) is 2.72. The van der Waals surface area contributed by atoms with Gasteiger partial charge in [-0.05, 0) is 12.8 Å². The van der Waals surface area contributed by atoms with E-state index in [0.717, 1.165) is 6.42 Å². The molecule has 132 valence electrons. The van der Waals surface area contributed by atoms with Crippen molar-refractivity contribution in [1.82, 2.24) is 0 Å². The van der Waals surface area contributed by atoms with Crippen molar-refractivity contribution in [1.29, 1.82) is 0 Å². The van der Waals surface area contributed by atoms with E-state index < -0.39 is 13.9 Å². The number of methoxy groups -OCH3 is 2. The third-order valence-corrected chi connectivity index (χ3v) is 5.09. The van der Waals surface area contributed by atoms with Crippen molar-refractivity contribution in [3.8, 4) is 0 Å². The molecule has 7 atom stereocenters. The molecule has 2 rings (SSSR count). The highest BCUT2D eigenvalue weighted by Crippen LogP contribution is 2.47. The summed E-state index contributed by atoms with van der Waals surface area (Å²) in [5, 5.41) is 0. The zero-order valence-electron chi connectivity index (χ0n) is 14.0. The molecule has 1 N–H and O–H groups in total. The first-order valence-electron chi connectivity index (χ1n) is 7.83. The predicted molar refractivity (Wildman–Crippen MR) is 87.0 cm³/mol. The van der Waals surface area contributed by atoms with Gasteiger partial charge in [0.05, 0.1) is 25.4 Å². The highest BCUT2D eigenvalue weighted by Gasteiger charge is 2.40. The molecule has 2 heterocycles. The van der Waals surface area contributed by atoms with Gasteiger partial charge in [0.2, 0.25) is 0 Å². The fraction of sp³-hybridized carbons (Fsp3) is 1.00. The maximum absolute atomic E-state index is 12.2. The molecule has 0 bridgehead atoms. The molecule has 23 heavy (non-hydrogen) atoms. The van der Waals surface area contributed by atoms with Crippen LogP contribution in [-0.2, 0) is 32.6 Å². The number of phosphoric ester groups is 1. The average Bonchev–Trinajstić information content (AvgIpc) is 2.99. The maximum atomic E-state index is 12.2. The largest absolute Gasteiger partial charge is 0.472 e. The second-order valence-electron chi connectivity index (χ2n) is 6.08. The van der Waals surface area contributed by atoms with Crippen LogP contribution >= 0.6 is 7.82 Å². The summed E-state index contributed by atoms with van der Waals surface area (Å²) in [5.41, 5.74) is 0. The minimum absolute atomic E-state index is 0.0303. The molecule has 0 aliphatic carbocycles. The van der Waals surface area contributed by atoms with Gasteiger partial charge in [0.15, 0.2) is 0 Å². The Balaban J connectivity index is 1.85. The molecule has 2 aliphatic rings. The molecule has 0 saturated carbocycles. The van der Waals surface area contributed by atoms with Crippen LogP contribution in [-0.4, -0.2) is 84.4 Å². The van der Waals surface area contributed by atoms with E-state index in [1.165, 1.54) is 0 Å². The lowest BCUT2D eigenvalue weighted by atomic mass is 9.96. The fourth-order valence-corrected chi connectivity index (χ4v) is 3.99. The van der Waals surface area contributed by atoms with Crippen LogP contribution in [0.3, 0.4) is 0 Å². The van der Waals surface area contributed by atoms with E-state index >= 15 is 0 Å². The summed E-state index contributed by atoms with van der Waals surface area (Å²) in [5.74, 6) is 0. The lowest BCUT2D eigenvalue weighted by Crippen LogP contribution is -2.30. The van der Waals surface area contributed by atoms with Crippen LogP contribution in [0.15, 0.2) is 0 Å². The topological polar surface area (TPSA) is 92.7 Å². The Labute approximate surface area is 138 Å². The monoisotopic (exact) mass is 350 g/mol. The molecule has 0 amide bonds. The van der Waals surface area contributed by atoms with Gasteiger partial charge in [-0.1, -0.05) is 0 Å². The summed E-state index contributed by atoms with van der Waals surface area (Å²) < 4.78 is 44.1. The van der Waals surface area contributed by atoms with Crippen molar-refractivity contribution in [3.05, 3.63) is 0 Å². The predicted octanol–water partition coefficient (Wildman–Crippen LogP) is -1.35. The summed E-state index contributed by atoms with van der Waals surface area (Å²) in [6, 6.07) is -0.0280. The Hall–Kier alpha value is 0.0799. The van der Waals surface area contributed by atoms with Crippen molar-refractivity contribution >= 4 is 23.5 Å². The van der Waals surface area contributed by atoms with Gasteiger partial charge in [0.1, 0.15) is 27.9 Å². The maximum Gasteiger partial charge on any atom is 0.472 e. The molecule has 2 aliphatic heterocycles. The van der Waals surface area contributed by atoms with Crippen LogP contribution in [0, 0.1) is 0 Å². The number of phosphoric acid groups is 1. The number of hydrogen-bond donors (Lipinski definition) is 1. The molecular formula is C12H25B2O8P. The first kappa shape index (κ1) is 19.4. The molecule has 1 unspecified atom stereocenters. The van der Waals surface area contributed by atoms with Gasteiger partial charge >= 0.3 is 7.82 Å². The number of ether oxygens (including phenoxy) is 4. The van der Waals surface area contributed by atoms with Crippen molar-refractivity contribution in [2.24, 2.45) is 0 Å². The first-order valence-corrected chi connectivity index (χ1v) is 9.32. The van der Waals surface area contributed by atoms with Crippen LogP contribution in [0.25, 0.3) is 0 Å². The van der Waals surface area contributed by atoms with Crippen LogP contribution in [0.1, 0.15) is 12.8 Å². The van der Waals surface area contributed by atoms with Crippen molar-refractivity contribution in [3.63, 3.8) is 0 Å². The molecule has 0 aromatic carbocycles. The molecule has 11 heteroatoms. The van der Waals surface area contributed by atoms with Crippen molar-refractivity contribution in [2.75, 3.05) is 27.4 Å². The summed E-state index contributed by atoms with van der Waals surface area (Å²) in [4.78, 5) is 9.95. The molecule has 0 aromatic rings. The van der Waals surface area contributed by atoms with E-state index in [-0.39, 0.29) is 36.9 Å². The molecular weight excluding hydrogens is 325 g/mol. The molecule has 0 radical (unpaired) electrons. The normalized spacial score (nSPS) is 40.3. The van der Waals surface area contributed by atoms with E-state index in [2.05, 4.69) is 0 Å². The van der Waals surface area contributed by atoms with Gasteiger partial charge in [-0.3, -0.25) is 9.05 Å². The van der Waals surface area contributed by atoms with Crippen LogP contribution in [0.5, 0.6) is 0 Å². The quantitative estimate of drug-likeness (QED) is 0.424. The van der Waals surface area contributed by atoms with Crippen LogP contribution in [0.2, 0.25) is 0 Å². The van der Waals surface area contributed by atoms with E-state index in [9.17, 15) is 9.46 Å². The minimum Gasteiger partial charge on any atom is -0.382 e. The van der Waals surface area contributed by atoms with Crippen molar-refractivity contribution in [2.45, 2.75) is 49.3 Å². The van der Waals surface area contributed by atoms with Gasteiger partial charge in [-0.15, -0.1) is 0 Å². The Morgan fingerprint density at radius 2 is 1.65 bits per heavy atom. The highest BCUT2D eigenvalue weighted by atomic mass is 31.2. The summed E-state index contributed by atoms with van der Waals surface area (Å²) in [6.07, 6.45) is -0.213. The van der Waals surface area contributed by atoms with Gasteiger partial charge in [-0.2, -0.15) is 0 Å². The van der Waals surface area contributed by atoms with E-state index in [1.54, 1.807) is 14.2 Å². The standard InChI is InChI=1S/C12H25B2O8P/c1-17-5-9-8(4-12(14)20-9)22-23(15,16)19-6-10-7(18-2)3-11(13)21-10/h7-12H,3-6,13-14H2,1-2H3,(H,15,16)/t7-,8-,9-,10-,11-,12-/m1/s1. The van der Waals surface area contributed by atoms with Crippen molar-refractivity contribution < 1.29 is 37.5 Å². The lowest BCUT2D eigenvalue weighted by molar-refractivity contribution is -0.0367. The van der Waals surface area contributed by atoms with Gasteiger partial charge in [0, 0.05) is 26.2 Å². The first-order chi connectivity index (χ1) is 10.8. The third-order valence-electron chi connectivity index (χ3n) is 4.08. The SMILES string of the molecule is B[C@H]1C[C@@H](OC)[C@@H](COP(=O)(O)O[C@@H]2C[C@H](B)O[C@@H]2COC)O1. The Kier molecular flexibility index (Phi) is 7.13. The van der Waals surface area contributed by atoms with Crippen LogP contribution in [0.4, 0.5) is 0 Å². The lowest BCUT2D eigenvalue weighted by Gasteiger charge is -2.23. The molecule has 0 aromatic heterocycles. The third kappa shape index (κ3) is 5.54. The van der Waals surface area contributed by atoms with Gasteiger partial charge < -0.3 is 23.8 Å². The molecule has 2 fully saturated rings. The number of rotatable bonds is 8. The van der Waals surface area contributed by atoms with E-state index in [4.69, 9.17) is 28.0 Å². The van der Waals surface area contributed by atoms with E-state index in [0.29, 0.717) is 13.0 Å². The summed E-state index contributed by atoms with van der Waals surface area (Å²) >= 11 is 0. The molecule has 8 nitrogen and oxygen atoms in total. The smallest absolute Gasteiger partial charge is 0.382 e. The fourth-order valence-electron chi connectivity index (χ4n) is 3.03. The minimum atomic E-state index is -4.21. The average molecular weight is 350 g/mol. The van der Waals surface area contributed by atoms with E-state index in [1.807, 2.05) is 15.7 Å². The second kappa shape index (κ2) is 8.45.